The van der Waals surface area contributed by atoms with Gasteiger partial charge in [-0.05, 0) is 30.3 Å². The second-order valence-corrected chi connectivity index (χ2v) is 5.48. The molecule has 0 aliphatic rings. The summed E-state index contributed by atoms with van der Waals surface area (Å²) in [4.78, 5) is 11.7. The average Bonchev–Trinajstić information content (AvgIpc) is 2.86. The van der Waals surface area contributed by atoms with Crippen LogP contribution in [0.4, 0.5) is 0 Å². The summed E-state index contributed by atoms with van der Waals surface area (Å²) in [5, 5.41) is 9.58. The van der Waals surface area contributed by atoms with E-state index in [0.29, 0.717) is 16.8 Å². The quantitative estimate of drug-likeness (QED) is 0.778. The van der Waals surface area contributed by atoms with E-state index in [9.17, 15) is 9.90 Å². The smallest absolute Gasteiger partial charge is 0.338 e. The zero-order valence-corrected chi connectivity index (χ0v) is 12.8. The summed E-state index contributed by atoms with van der Waals surface area (Å²) >= 11 is 3.42. The van der Waals surface area contributed by atoms with Crippen LogP contribution in [0.2, 0.25) is 0 Å². The molecule has 0 saturated carbocycles. The number of fused-ring (bicyclic) bond motifs is 1. The minimum Gasteiger partial charge on any atom is -0.496 e. The highest BCUT2D eigenvalue weighted by molar-refractivity contribution is 9.10. The van der Waals surface area contributed by atoms with Crippen molar-refractivity contribution in [3.8, 4) is 16.9 Å². The molecule has 0 amide bonds. The van der Waals surface area contributed by atoms with Crippen molar-refractivity contribution in [1.29, 1.82) is 0 Å². The predicted octanol–water partition coefficient (Wildman–Crippen LogP) is 4.08. The van der Waals surface area contributed by atoms with Gasteiger partial charge in [0, 0.05) is 28.0 Å². The molecular formula is C16H12BrNO3. The largest absolute Gasteiger partial charge is 0.496 e. The summed E-state index contributed by atoms with van der Waals surface area (Å²) in [6, 6.07) is 11.0. The third-order valence-corrected chi connectivity index (χ3v) is 3.84. The van der Waals surface area contributed by atoms with Crippen molar-refractivity contribution in [1.82, 2.24) is 4.40 Å². The van der Waals surface area contributed by atoms with Crippen molar-refractivity contribution in [3.05, 3.63) is 58.8 Å². The molecule has 0 radical (unpaired) electrons. The molecule has 1 N–H and O–H groups in total. The molecule has 0 saturated heterocycles. The minimum absolute atomic E-state index is 0.270. The van der Waals surface area contributed by atoms with E-state index in [0.717, 1.165) is 10.0 Å². The molecule has 0 unspecified atom stereocenters. The second-order valence-electron chi connectivity index (χ2n) is 4.56. The second kappa shape index (κ2) is 5.26. The molecule has 2 heterocycles. The summed E-state index contributed by atoms with van der Waals surface area (Å²) in [5.74, 6) is -0.322. The fourth-order valence-electron chi connectivity index (χ4n) is 2.44. The van der Waals surface area contributed by atoms with E-state index < -0.39 is 5.97 Å². The third-order valence-electron chi connectivity index (χ3n) is 3.35. The summed E-state index contributed by atoms with van der Waals surface area (Å²) < 4.78 is 8.03. The lowest BCUT2D eigenvalue weighted by atomic mass is 10.0. The summed E-state index contributed by atoms with van der Waals surface area (Å²) in [7, 11) is 1.57. The van der Waals surface area contributed by atoms with E-state index in [-0.39, 0.29) is 5.56 Å². The third kappa shape index (κ3) is 2.29. The van der Waals surface area contributed by atoms with Crippen molar-refractivity contribution in [3.63, 3.8) is 0 Å². The number of methoxy groups -OCH3 is 1. The van der Waals surface area contributed by atoms with Crippen molar-refractivity contribution < 1.29 is 14.6 Å². The Morgan fingerprint density at radius 3 is 2.76 bits per heavy atom. The van der Waals surface area contributed by atoms with E-state index in [2.05, 4.69) is 15.9 Å². The number of carboxylic acid groups (broad SMARTS) is 1. The first-order chi connectivity index (χ1) is 10.1. The molecule has 3 rings (SSSR count). The van der Waals surface area contributed by atoms with Crippen molar-refractivity contribution in [2.45, 2.75) is 0 Å². The Kier molecular flexibility index (Phi) is 3.43. The van der Waals surface area contributed by atoms with Gasteiger partial charge in [0.1, 0.15) is 5.75 Å². The van der Waals surface area contributed by atoms with Gasteiger partial charge in [0.05, 0.1) is 18.2 Å². The van der Waals surface area contributed by atoms with Crippen LogP contribution in [-0.2, 0) is 0 Å². The summed E-state index contributed by atoms with van der Waals surface area (Å²) in [6.07, 6.45) is 3.64. The van der Waals surface area contributed by atoms with Gasteiger partial charge in [-0.25, -0.2) is 4.79 Å². The molecule has 4 nitrogen and oxygen atoms in total. The van der Waals surface area contributed by atoms with Crippen LogP contribution in [0.15, 0.2) is 53.3 Å². The molecule has 1 aromatic carbocycles. The van der Waals surface area contributed by atoms with E-state index >= 15 is 0 Å². The SMILES string of the molecule is COc1ccc(Br)cc1-c1cn2ccccc2c1C(=O)O. The van der Waals surface area contributed by atoms with Crippen LogP contribution in [0.25, 0.3) is 16.6 Å². The van der Waals surface area contributed by atoms with E-state index in [1.165, 1.54) is 0 Å². The number of ether oxygens (including phenoxy) is 1. The number of aromatic nitrogens is 1. The van der Waals surface area contributed by atoms with Gasteiger partial charge in [0.15, 0.2) is 0 Å². The fourth-order valence-corrected chi connectivity index (χ4v) is 2.80. The maximum atomic E-state index is 11.7. The molecule has 3 aromatic rings. The van der Waals surface area contributed by atoms with E-state index in [4.69, 9.17) is 4.74 Å². The minimum atomic E-state index is -0.958. The van der Waals surface area contributed by atoms with Crippen LogP contribution in [0.1, 0.15) is 10.4 Å². The molecule has 0 fully saturated rings. The number of aromatic carboxylic acids is 1. The number of pyridine rings is 1. The Labute approximate surface area is 129 Å². The highest BCUT2D eigenvalue weighted by atomic mass is 79.9. The monoisotopic (exact) mass is 345 g/mol. The van der Waals surface area contributed by atoms with Crippen molar-refractivity contribution in [2.24, 2.45) is 0 Å². The van der Waals surface area contributed by atoms with E-state index in [1.807, 2.05) is 42.7 Å². The maximum absolute atomic E-state index is 11.7. The van der Waals surface area contributed by atoms with Crippen molar-refractivity contribution in [2.75, 3.05) is 7.11 Å². The van der Waals surface area contributed by atoms with Crippen LogP contribution in [0.3, 0.4) is 0 Å². The Hall–Kier alpha value is -2.27. The molecule has 106 valence electrons. The van der Waals surface area contributed by atoms with Gasteiger partial charge in [0.25, 0.3) is 0 Å². The van der Waals surface area contributed by atoms with Gasteiger partial charge in [0.2, 0.25) is 0 Å². The molecule has 0 bridgehead atoms. The van der Waals surface area contributed by atoms with Crippen LogP contribution < -0.4 is 4.74 Å². The number of nitrogens with zero attached hydrogens (tertiary/aromatic N) is 1. The molecule has 0 aliphatic heterocycles. The van der Waals surface area contributed by atoms with Gasteiger partial charge < -0.3 is 14.2 Å². The number of benzene rings is 1. The van der Waals surface area contributed by atoms with Gasteiger partial charge >= 0.3 is 5.97 Å². The number of carboxylic acids is 1. The molecule has 0 atom stereocenters. The standard InChI is InChI=1S/C16H12BrNO3/c1-21-14-6-5-10(17)8-11(14)12-9-18-7-3-2-4-13(18)15(12)16(19)20/h2-9H,1H3,(H,19,20). The Morgan fingerprint density at radius 1 is 1.24 bits per heavy atom. The Morgan fingerprint density at radius 2 is 2.05 bits per heavy atom. The number of hydrogen-bond acceptors (Lipinski definition) is 2. The average molecular weight is 346 g/mol. The fraction of sp³-hybridized carbons (Fsp3) is 0.0625. The molecule has 0 spiro atoms. The van der Waals surface area contributed by atoms with Crippen LogP contribution >= 0.6 is 15.9 Å². The van der Waals surface area contributed by atoms with E-state index in [1.54, 1.807) is 17.6 Å². The zero-order chi connectivity index (χ0) is 15.0. The lowest BCUT2D eigenvalue weighted by Crippen LogP contribution is -1.98. The molecular weight excluding hydrogens is 334 g/mol. The maximum Gasteiger partial charge on any atom is 0.338 e. The number of carbonyl (C=O) groups is 1. The first-order valence-corrected chi connectivity index (χ1v) is 7.08. The Bertz CT molecular complexity index is 839. The van der Waals surface area contributed by atoms with Gasteiger partial charge in [-0.3, -0.25) is 0 Å². The van der Waals surface area contributed by atoms with Gasteiger partial charge in [-0.15, -0.1) is 0 Å². The highest BCUT2D eigenvalue weighted by Crippen LogP contribution is 2.37. The number of halogens is 1. The normalized spacial score (nSPS) is 10.8. The van der Waals surface area contributed by atoms with Crippen molar-refractivity contribution >= 4 is 27.4 Å². The molecule has 5 heteroatoms. The zero-order valence-electron chi connectivity index (χ0n) is 11.2. The first kappa shape index (κ1) is 13.7. The predicted molar refractivity (Wildman–Crippen MR) is 84.0 cm³/mol. The lowest BCUT2D eigenvalue weighted by molar-refractivity contribution is 0.0700. The molecule has 2 aromatic heterocycles. The first-order valence-electron chi connectivity index (χ1n) is 6.28. The summed E-state index contributed by atoms with van der Waals surface area (Å²) in [6.45, 7) is 0. The molecule has 21 heavy (non-hydrogen) atoms. The highest BCUT2D eigenvalue weighted by Gasteiger charge is 2.20. The summed E-state index contributed by atoms with van der Waals surface area (Å²) in [5.41, 5.74) is 2.30. The topological polar surface area (TPSA) is 50.9 Å². The van der Waals surface area contributed by atoms with Crippen LogP contribution in [0.5, 0.6) is 5.75 Å². The lowest BCUT2D eigenvalue weighted by Gasteiger charge is -2.08. The number of hydrogen-bond donors (Lipinski definition) is 1. The van der Waals surface area contributed by atoms with Gasteiger partial charge in [-0.1, -0.05) is 22.0 Å². The Balaban J connectivity index is 2.37. The molecule has 0 aliphatic carbocycles. The van der Waals surface area contributed by atoms with Crippen LogP contribution in [0, 0.1) is 0 Å². The van der Waals surface area contributed by atoms with Crippen LogP contribution in [-0.4, -0.2) is 22.6 Å². The number of rotatable bonds is 3. The van der Waals surface area contributed by atoms with Gasteiger partial charge in [-0.2, -0.15) is 0 Å².